The molecular weight excluding hydrogens is 452 g/mol. The Hall–Kier alpha value is -3.71. The minimum Gasteiger partial charge on any atom is -0.497 e. The van der Waals surface area contributed by atoms with E-state index < -0.39 is 0 Å². The highest BCUT2D eigenvalue weighted by atomic mass is 16.5. The lowest BCUT2D eigenvalue weighted by Gasteiger charge is -2.40. The average molecular weight is 489 g/mol. The summed E-state index contributed by atoms with van der Waals surface area (Å²) in [6.07, 6.45) is 0. The lowest BCUT2D eigenvalue weighted by molar-refractivity contribution is 0.0929. The molecule has 1 heterocycles. The SMILES string of the molecule is COc1cc(OC)cc(C(=O)NCC(c2ccc(N(C)C)cc2)N2CCN(c3ccccc3)CC2)c1. The Balaban J connectivity index is 1.50. The van der Waals surface area contributed by atoms with Crippen molar-refractivity contribution in [1.82, 2.24) is 10.2 Å². The number of nitrogens with one attached hydrogen (secondary N) is 1. The number of nitrogens with zero attached hydrogens (tertiary/aromatic N) is 3. The van der Waals surface area contributed by atoms with Crippen LogP contribution in [0.15, 0.2) is 72.8 Å². The van der Waals surface area contributed by atoms with Crippen LogP contribution in [0, 0.1) is 0 Å². The van der Waals surface area contributed by atoms with Gasteiger partial charge in [0.05, 0.1) is 20.3 Å². The molecular formula is C29H36N4O3. The van der Waals surface area contributed by atoms with Gasteiger partial charge in [-0.25, -0.2) is 0 Å². The van der Waals surface area contributed by atoms with Crippen LogP contribution in [0.4, 0.5) is 11.4 Å². The number of piperazine rings is 1. The molecule has 1 atom stereocenters. The number of hydrogen-bond acceptors (Lipinski definition) is 6. The van der Waals surface area contributed by atoms with Crippen molar-refractivity contribution in [2.75, 3.05) is 70.8 Å². The molecule has 1 aliphatic rings. The van der Waals surface area contributed by atoms with Crippen LogP contribution in [0.25, 0.3) is 0 Å². The summed E-state index contributed by atoms with van der Waals surface area (Å²) in [5, 5.41) is 3.16. The van der Waals surface area contributed by atoms with Crippen LogP contribution in [0.3, 0.4) is 0 Å². The number of carbonyl (C=O) groups is 1. The number of benzene rings is 3. The van der Waals surface area contributed by atoms with Crippen LogP contribution >= 0.6 is 0 Å². The van der Waals surface area contributed by atoms with Gasteiger partial charge in [0.25, 0.3) is 5.91 Å². The molecule has 36 heavy (non-hydrogen) atoms. The number of ether oxygens (including phenoxy) is 2. The van der Waals surface area contributed by atoms with Gasteiger partial charge in [-0.05, 0) is 42.0 Å². The molecule has 1 saturated heterocycles. The van der Waals surface area contributed by atoms with Gasteiger partial charge in [0.1, 0.15) is 11.5 Å². The van der Waals surface area contributed by atoms with E-state index in [0.717, 1.165) is 31.9 Å². The molecule has 0 aliphatic carbocycles. The van der Waals surface area contributed by atoms with Gasteiger partial charge in [-0.1, -0.05) is 30.3 Å². The van der Waals surface area contributed by atoms with E-state index in [0.29, 0.717) is 23.6 Å². The van der Waals surface area contributed by atoms with E-state index >= 15 is 0 Å². The summed E-state index contributed by atoms with van der Waals surface area (Å²) in [5.41, 5.74) is 4.11. The van der Waals surface area contributed by atoms with Crippen LogP contribution in [0.5, 0.6) is 11.5 Å². The summed E-state index contributed by atoms with van der Waals surface area (Å²) in [6, 6.07) is 24.4. The lowest BCUT2D eigenvalue weighted by Crippen LogP contribution is -2.50. The molecule has 0 bridgehead atoms. The zero-order valence-corrected chi connectivity index (χ0v) is 21.6. The van der Waals surface area contributed by atoms with Gasteiger partial charge >= 0.3 is 0 Å². The summed E-state index contributed by atoms with van der Waals surface area (Å²) >= 11 is 0. The van der Waals surface area contributed by atoms with Gasteiger partial charge in [0, 0.05) is 69.8 Å². The summed E-state index contributed by atoms with van der Waals surface area (Å²) in [5.74, 6) is 1.03. The summed E-state index contributed by atoms with van der Waals surface area (Å²) in [4.78, 5) is 20.1. The van der Waals surface area contributed by atoms with E-state index in [1.807, 2.05) is 20.2 Å². The maximum atomic E-state index is 13.1. The molecule has 0 saturated carbocycles. The van der Waals surface area contributed by atoms with Gasteiger partial charge < -0.3 is 24.6 Å². The molecule has 1 fully saturated rings. The maximum Gasteiger partial charge on any atom is 0.251 e. The molecule has 3 aromatic carbocycles. The van der Waals surface area contributed by atoms with Crippen LogP contribution in [-0.4, -0.2) is 71.8 Å². The van der Waals surface area contributed by atoms with E-state index in [-0.39, 0.29) is 11.9 Å². The zero-order chi connectivity index (χ0) is 25.5. The minimum absolute atomic E-state index is 0.0654. The first kappa shape index (κ1) is 25.4. The monoisotopic (exact) mass is 488 g/mol. The Morgan fingerprint density at radius 2 is 1.50 bits per heavy atom. The van der Waals surface area contributed by atoms with Crippen molar-refractivity contribution >= 4 is 17.3 Å². The molecule has 0 radical (unpaired) electrons. The zero-order valence-electron chi connectivity index (χ0n) is 21.6. The Morgan fingerprint density at radius 3 is 2.06 bits per heavy atom. The van der Waals surface area contributed by atoms with E-state index in [1.54, 1.807) is 32.4 Å². The number of carbonyl (C=O) groups excluding carboxylic acids is 1. The van der Waals surface area contributed by atoms with Crippen molar-refractivity contribution in [3.63, 3.8) is 0 Å². The molecule has 1 N–H and O–H groups in total. The van der Waals surface area contributed by atoms with Gasteiger partial charge in [-0.3, -0.25) is 9.69 Å². The highest BCUT2D eigenvalue weighted by Gasteiger charge is 2.26. The highest BCUT2D eigenvalue weighted by Crippen LogP contribution is 2.27. The molecule has 4 rings (SSSR count). The van der Waals surface area contributed by atoms with Crippen molar-refractivity contribution in [3.05, 3.63) is 83.9 Å². The number of anilines is 2. The fourth-order valence-electron chi connectivity index (χ4n) is 4.61. The molecule has 190 valence electrons. The van der Waals surface area contributed by atoms with Crippen LogP contribution < -0.4 is 24.6 Å². The second kappa shape index (κ2) is 11.8. The third-order valence-corrected chi connectivity index (χ3v) is 6.74. The minimum atomic E-state index is -0.148. The average Bonchev–Trinajstić information content (AvgIpc) is 2.93. The first-order valence-electron chi connectivity index (χ1n) is 12.3. The summed E-state index contributed by atoms with van der Waals surface area (Å²) < 4.78 is 10.7. The highest BCUT2D eigenvalue weighted by molar-refractivity contribution is 5.95. The van der Waals surface area contributed by atoms with Crippen LogP contribution in [0.1, 0.15) is 22.0 Å². The summed E-state index contributed by atoms with van der Waals surface area (Å²) in [6.45, 7) is 4.22. The molecule has 7 nitrogen and oxygen atoms in total. The van der Waals surface area contributed by atoms with Crippen molar-refractivity contribution in [1.29, 1.82) is 0 Å². The van der Waals surface area contributed by atoms with E-state index in [4.69, 9.17) is 9.47 Å². The predicted molar refractivity (Wildman–Crippen MR) is 146 cm³/mol. The Bertz CT molecular complexity index is 1100. The van der Waals surface area contributed by atoms with Crippen molar-refractivity contribution in [2.24, 2.45) is 0 Å². The normalized spacial score (nSPS) is 14.7. The van der Waals surface area contributed by atoms with Crippen LogP contribution in [-0.2, 0) is 0 Å². The number of rotatable bonds is 9. The molecule has 0 aromatic heterocycles. The number of amides is 1. The van der Waals surface area contributed by atoms with Gasteiger partial charge in [-0.2, -0.15) is 0 Å². The predicted octanol–water partition coefficient (Wildman–Crippen LogP) is 4.06. The first-order chi connectivity index (χ1) is 17.5. The Labute approximate surface area is 214 Å². The largest absolute Gasteiger partial charge is 0.497 e. The van der Waals surface area contributed by atoms with E-state index in [1.165, 1.54) is 11.3 Å². The molecule has 1 aliphatic heterocycles. The quantitative estimate of drug-likeness (QED) is 0.490. The van der Waals surface area contributed by atoms with Crippen LogP contribution in [0.2, 0.25) is 0 Å². The fraction of sp³-hybridized carbons (Fsp3) is 0.345. The third-order valence-electron chi connectivity index (χ3n) is 6.74. The molecule has 3 aromatic rings. The van der Waals surface area contributed by atoms with Gasteiger partial charge in [-0.15, -0.1) is 0 Å². The van der Waals surface area contributed by atoms with Crippen molar-refractivity contribution in [2.45, 2.75) is 6.04 Å². The number of hydrogen-bond donors (Lipinski definition) is 1. The van der Waals surface area contributed by atoms with Crippen molar-refractivity contribution < 1.29 is 14.3 Å². The standard InChI is InChI=1S/C29H36N4O3/c1-31(2)24-12-10-22(11-13-24)28(33-16-14-32(15-17-33)25-8-6-5-7-9-25)21-30-29(34)23-18-26(35-3)20-27(19-23)36-4/h5-13,18-20,28H,14-17,21H2,1-4H3,(H,30,34). The van der Waals surface area contributed by atoms with E-state index in [2.05, 4.69) is 68.5 Å². The summed E-state index contributed by atoms with van der Waals surface area (Å²) in [7, 11) is 7.24. The number of para-hydroxylation sites is 1. The molecule has 1 amide bonds. The Morgan fingerprint density at radius 1 is 0.889 bits per heavy atom. The van der Waals surface area contributed by atoms with Gasteiger partial charge in [0.15, 0.2) is 0 Å². The molecule has 7 heteroatoms. The van der Waals surface area contributed by atoms with Crippen molar-refractivity contribution in [3.8, 4) is 11.5 Å². The molecule has 0 spiro atoms. The number of methoxy groups -OCH3 is 2. The first-order valence-corrected chi connectivity index (χ1v) is 12.3. The van der Waals surface area contributed by atoms with E-state index in [9.17, 15) is 4.79 Å². The van der Waals surface area contributed by atoms with Gasteiger partial charge in [0.2, 0.25) is 0 Å². The second-order valence-electron chi connectivity index (χ2n) is 9.17. The second-order valence-corrected chi connectivity index (χ2v) is 9.17. The lowest BCUT2D eigenvalue weighted by atomic mass is 10.0. The maximum absolute atomic E-state index is 13.1. The third kappa shape index (κ3) is 6.10. The topological polar surface area (TPSA) is 57.3 Å². The fourth-order valence-corrected chi connectivity index (χ4v) is 4.61. The molecule has 1 unspecified atom stereocenters. The Kier molecular flexibility index (Phi) is 8.33. The smallest absolute Gasteiger partial charge is 0.251 e.